The second-order valence-corrected chi connectivity index (χ2v) is 12.1. The van der Waals surface area contributed by atoms with Crippen molar-refractivity contribution >= 4 is 13.1 Å². The third-order valence-corrected chi connectivity index (χ3v) is 11.2. The molecule has 0 aliphatic heterocycles. The monoisotopic (exact) mass is 255 g/mol. The van der Waals surface area contributed by atoms with Gasteiger partial charge in [-0.1, -0.05) is 79.1 Å². The minimum Gasteiger partial charge on any atom is -0.191 e. The number of unbranched alkanes of at least 4 members (excludes halogenated alkanes) is 4. The number of hydrogen-bond acceptors (Lipinski definition) is 0. The van der Waals surface area contributed by atoms with Gasteiger partial charge in [-0.25, -0.2) is 0 Å². The van der Waals surface area contributed by atoms with E-state index < -0.39 is 13.1 Å². The SMILES string of the molecule is CCC[CH2][Al-]([CH2]CCC)([CH2]CCC)[CH2]CCC. The molecule has 0 fully saturated rings. The second-order valence-electron chi connectivity index (χ2n) is 6.30. The van der Waals surface area contributed by atoms with Crippen LogP contribution in [0.1, 0.15) is 79.1 Å². The standard InChI is InChI=1S/4C4H9.Al/c4*1-3-4-2;/h4*1,3-4H2,2H3;/q;;;;-1. The van der Waals surface area contributed by atoms with E-state index in [9.17, 15) is 0 Å². The Labute approximate surface area is 113 Å². The predicted molar refractivity (Wildman–Crippen MR) is 84.6 cm³/mol. The lowest BCUT2D eigenvalue weighted by Gasteiger charge is -2.36. The maximum absolute atomic E-state index is 2.36. The zero-order valence-corrected chi connectivity index (χ0v) is 14.2. The minimum absolute atomic E-state index is 1.20. The molecule has 0 aromatic heterocycles. The van der Waals surface area contributed by atoms with Gasteiger partial charge in [0.1, 0.15) is 13.1 Å². The molecule has 0 heterocycles. The highest BCUT2D eigenvalue weighted by molar-refractivity contribution is 6.79. The van der Waals surface area contributed by atoms with Crippen molar-refractivity contribution < 1.29 is 0 Å². The molecule has 0 aliphatic rings. The molecule has 0 rings (SSSR count). The third-order valence-electron chi connectivity index (χ3n) is 4.68. The predicted octanol–water partition coefficient (Wildman–Crippen LogP) is 6.64. The van der Waals surface area contributed by atoms with Gasteiger partial charge < -0.3 is 0 Å². The molecule has 0 saturated carbocycles. The second kappa shape index (κ2) is 11.6. The summed E-state index contributed by atoms with van der Waals surface area (Å²) >= 11 is -1.20. The van der Waals surface area contributed by atoms with Crippen LogP contribution in [0.5, 0.6) is 0 Å². The number of rotatable bonds is 12. The fraction of sp³-hybridized carbons (Fsp3) is 1.00. The van der Waals surface area contributed by atoms with Gasteiger partial charge in [-0.15, -0.1) is 0 Å². The van der Waals surface area contributed by atoms with Gasteiger partial charge in [0.2, 0.25) is 0 Å². The topological polar surface area (TPSA) is 0 Å². The van der Waals surface area contributed by atoms with Crippen LogP contribution in [-0.2, 0) is 0 Å². The van der Waals surface area contributed by atoms with Crippen molar-refractivity contribution in [3.8, 4) is 0 Å². The molecule has 0 aromatic rings. The molecule has 0 atom stereocenters. The Hall–Kier alpha value is 0.532. The first-order chi connectivity index (χ1) is 8.24. The Bertz CT molecular complexity index is 116. The summed E-state index contributed by atoms with van der Waals surface area (Å²) in [6.07, 6.45) is 11.7. The Morgan fingerprint density at radius 1 is 0.471 bits per heavy atom. The van der Waals surface area contributed by atoms with Crippen LogP contribution in [0.2, 0.25) is 21.1 Å². The maximum Gasteiger partial charge on any atom is 0.134 e. The van der Waals surface area contributed by atoms with Crippen LogP contribution in [0.3, 0.4) is 0 Å². The average molecular weight is 255 g/mol. The first-order valence-electron chi connectivity index (χ1n) is 8.46. The highest BCUT2D eigenvalue weighted by Crippen LogP contribution is 2.33. The third kappa shape index (κ3) is 8.28. The van der Waals surface area contributed by atoms with Crippen molar-refractivity contribution in [2.45, 2.75) is 100 Å². The van der Waals surface area contributed by atoms with Crippen molar-refractivity contribution in [3.63, 3.8) is 0 Å². The first-order valence-corrected chi connectivity index (χ1v) is 11.7. The van der Waals surface area contributed by atoms with Gasteiger partial charge in [0.25, 0.3) is 0 Å². The Morgan fingerprint density at radius 3 is 0.882 bits per heavy atom. The highest BCUT2D eigenvalue weighted by atomic mass is 27.2. The minimum atomic E-state index is -1.20. The average Bonchev–Trinajstić information content (AvgIpc) is 2.37. The van der Waals surface area contributed by atoms with E-state index >= 15 is 0 Å². The molecule has 104 valence electrons. The van der Waals surface area contributed by atoms with Crippen molar-refractivity contribution in [3.05, 3.63) is 0 Å². The Balaban J connectivity index is 4.39. The Kier molecular flexibility index (Phi) is 12.0. The fourth-order valence-electron chi connectivity index (χ4n) is 3.41. The van der Waals surface area contributed by atoms with E-state index in [1.165, 1.54) is 51.4 Å². The quantitative estimate of drug-likeness (QED) is 0.343. The molecular weight excluding hydrogens is 219 g/mol. The zero-order valence-electron chi connectivity index (χ0n) is 13.1. The van der Waals surface area contributed by atoms with Crippen LogP contribution in [0.4, 0.5) is 0 Å². The number of hydrogen-bond donors (Lipinski definition) is 0. The van der Waals surface area contributed by atoms with E-state index in [2.05, 4.69) is 27.7 Å². The molecule has 1 heteroatoms. The largest absolute Gasteiger partial charge is 0.191 e. The van der Waals surface area contributed by atoms with Crippen LogP contribution in [0.15, 0.2) is 0 Å². The van der Waals surface area contributed by atoms with Crippen molar-refractivity contribution in [1.82, 2.24) is 0 Å². The van der Waals surface area contributed by atoms with E-state index in [0.717, 1.165) is 0 Å². The molecular formula is C16H36Al-. The molecule has 0 bridgehead atoms. The van der Waals surface area contributed by atoms with E-state index in [4.69, 9.17) is 0 Å². The molecule has 0 unspecified atom stereocenters. The summed E-state index contributed by atoms with van der Waals surface area (Å²) in [5, 5.41) is 6.62. The summed E-state index contributed by atoms with van der Waals surface area (Å²) in [5.41, 5.74) is 0. The van der Waals surface area contributed by atoms with Gasteiger partial charge in [-0.05, 0) is 0 Å². The van der Waals surface area contributed by atoms with Crippen LogP contribution < -0.4 is 0 Å². The Morgan fingerprint density at radius 2 is 0.706 bits per heavy atom. The van der Waals surface area contributed by atoms with Crippen molar-refractivity contribution in [2.24, 2.45) is 0 Å². The van der Waals surface area contributed by atoms with Crippen LogP contribution in [0, 0.1) is 0 Å². The van der Waals surface area contributed by atoms with E-state index in [1.807, 2.05) is 0 Å². The van der Waals surface area contributed by atoms with E-state index in [0.29, 0.717) is 0 Å². The van der Waals surface area contributed by atoms with Gasteiger partial charge >= 0.3 is 0 Å². The molecule has 0 spiro atoms. The van der Waals surface area contributed by atoms with Crippen LogP contribution >= 0.6 is 0 Å². The van der Waals surface area contributed by atoms with Gasteiger partial charge in [-0.3, -0.25) is 0 Å². The lowest BCUT2D eigenvalue weighted by atomic mass is 10.4. The van der Waals surface area contributed by atoms with Crippen molar-refractivity contribution in [1.29, 1.82) is 0 Å². The lowest BCUT2D eigenvalue weighted by molar-refractivity contribution is 0.762. The smallest absolute Gasteiger partial charge is 0.134 e. The molecule has 0 aromatic carbocycles. The summed E-state index contributed by atoms with van der Waals surface area (Å²) in [6.45, 7) is 9.46. The van der Waals surface area contributed by atoms with Crippen LogP contribution in [0.25, 0.3) is 0 Å². The summed E-state index contributed by atoms with van der Waals surface area (Å²) < 4.78 is 0. The highest BCUT2D eigenvalue weighted by Gasteiger charge is 2.26. The molecule has 0 saturated heterocycles. The van der Waals surface area contributed by atoms with Crippen LogP contribution in [-0.4, -0.2) is 13.1 Å². The molecule has 0 amide bonds. The lowest BCUT2D eigenvalue weighted by Crippen LogP contribution is -2.33. The maximum atomic E-state index is 2.36. The summed E-state index contributed by atoms with van der Waals surface area (Å²) in [7, 11) is 0. The van der Waals surface area contributed by atoms with Gasteiger partial charge in [0.05, 0.1) is 0 Å². The molecule has 0 N–H and O–H groups in total. The zero-order chi connectivity index (χ0) is 13.0. The first kappa shape index (κ1) is 17.5. The molecule has 0 nitrogen and oxygen atoms in total. The van der Waals surface area contributed by atoms with Gasteiger partial charge in [0, 0.05) is 0 Å². The summed E-state index contributed by atoms with van der Waals surface area (Å²) in [4.78, 5) is 0. The van der Waals surface area contributed by atoms with E-state index in [1.54, 1.807) is 21.1 Å². The normalized spacial score (nSPS) is 12.0. The molecule has 0 radical (unpaired) electrons. The van der Waals surface area contributed by atoms with Crippen molar-refractivity contribution in [2.75, 3.05) is 0 Å². The van der Waals surface area contributed by atoms with Gasteiger partial charge in [0.15, 0.2) is 0 Å². The fourth-order valence-corrected chi connectivity index (χ4v) is 10.2. The summed E-state index contributed by atoms with van der Waals surface area (Å²) in [5.74, 6) is 0. The van der Waals surface area contributed by atoms with Gasteiger partial charge in [-0.2, -0.15) is 21.1 Å². The molecule has 17 heavy (non-hydrogen) atoms. The molecule has 0 aliphatic carbocycles. The van der Waals surface area contributed by atoms with E-state index in [-0.39, 0.29) is 0 Å². The summed E-state index contributed by atoms with van der Waals surface area (Å²) in [6, 6.07) is 0.